The molecule has 0 aliphatic heterocycles. The zero-order valence-corrected chi connectivity index (χ0v) is 9.74. The average Bonchev–Trinajstić information content (AvgIpc) is 2.13. The van der Waals surface area contributed by atoms with Crippen LogP contribution in [0.5, 0.6) is 0 Å². The molecule has 0 radical (unpaired) electrons. The lowest BCUT2D eigenvalue weighted by Gasteiger charge is -2.22. The lowest BCUT2D eigenvalue weighted by atomic mass is 10.2. The van der Waals surface area contributed by atoms with E-state index >= 15 is 0 Å². The van der Waals surface area contributed by atoms with Gasteiger partial charge in [0.2, 0.25) is 0 Å². The number of carbonyl (C=O) groups is 2. The summed E-state index contributed by atoms with van der Waals surface area (Å²) in [7, 11) is 0. The van der Waals surface area contributed by atoms with Crippen molar-refractivity contribution in [3.05, 3.63) is 12.7 Å². The van der Waals surface area contributed by atoms with Crippen LogP contribution in [0.1, 0.15) is 27.2 Å². The second-order valence-electron chi connectivity index (χ2n) is 4.20. The van der Waals surface area contributed by atoms with Crippen LogP contribution in [0, 0.1) is 0 Å². The van der Waals surface area contributed by atoms with Crippen molar-refractivity contribution in [2.75, 3.05) is 0 Å². The molecule has 0 rings (SSSR count). The summed E-state index contributed by atoms with van der Waals surface area (Å²) in [6.07, 6.45) is 0.936. The molecule has 2 amide bonds. The smallest absolute Gasteiger partial charge is 0.408 e. The lowest BCUT2D eigenvalue weighted by molar-refractivity contribution is -0.131. The van der Waals surface area contributed by atoms with Crippen molar-refractivity contribution >= 4 is 12.0 Å². The van der Waals surface area contributed by atoms with Crippen LogP contribution in [-0.2, 0) is 9.53 Å². The van der Waals surface area contributed by atoms with Crippen LogP contribution in [-0.4, -0.2) is 28.9 Å². The van der Waals surface area contributed by atoms with Gasteiger partial charge < -0.3 is 10.1 Å². The summed E-state index contributed by atoms with van der Waals surface area (Å²) in [4.78, 5) is 22.5. The van der Waals surface area contributed by atoms with Gasteiger partial charge in [0.15, 0.2) is 0 Å². The zero-order chi connectivity index (χ0) is 12.8. The van der Waals surface area contributed by atoms with Crippen molar-refractivity contribution in [3.63, 3.8) is 0 Å². The fourth-order valence-electron chi connectivity index (χ4n) is 0.926. The Balaban J connectivity index is 4.34. The summed E-state index contributed by atoms with van der Waals surface area (Å²) < 4.78 is 4.96. The molecular formula is C10H18N2O4. The molecule has 3 N–H and O–H groups in total. The maximum absolute atomic E-state index is 11.3. The maximum Gasteiger partial charge on any atom is 0.408 e. The molecule has 0 aromatic rings. The number of alkyl carbamates (subject to hydrolysis) is 1. The van der Waals surface area contributed by atoms with Crippen LogP contribution >= 0.6 is 0 Å². The number of ether oxygens (including phenoxy) is 1. The van der Waals surface area contributed by atoms with Gasteiger partial charge in [0, 0.05) is 0 Å². The first kappa shape index (κ1) is 14.4. The molecular weight excluding hydrogens is 212 g/mol. The molecule has 0 aromatic heterocycles. The van der Waals surface area contributed by atoms with Crippen LogP contribution in [0.2, 0.25) is 0 Å². The minimum atomic E-state index is -0.891. The molecule has 0 aliphatic rings. The van der Waals surface area contributed by atoms with Gasteiger partial charge in [0.25, 0.3) is 5.91 Å². The maximum atomic E-state index is 11.3. The van der Waals surface area contributed by atoms with Crippen molar-refractivity contribution in [3.8, 4) is 0 Å². The highest BCUT2D eigenvalue weighted by Crippen LogP contribution is 2.07. The predicted octanol–water partition coefficient (Wildman–Crippen LogP) is 0.961. The largest absolute Gasteiger partial charge is 0.444 e. The van der Waals surface area contributed by atoms with Gasteiger partial charge in [-0.2, -0.15) is 0 Å². The Morgan fingerprint density at radius 3 is 2.44 bits per heavy atom. The normalized spacial score (nSPS) is 12.5. The molecule has 0 saturated heterocycles. The van der Waals surface area contributed by atoms with Gasteiger partial charge in [-0.3, -0.25) is 10.0 Å². The van der Waals surface area contributed by atoms with Gasteiger partial charge in [-0.15, -0.1) is 6.58 Å². The topological polar surface area (TPSA) is 87.7 Å². The van der Waals surface area contributed by atoms with E-state index in [-0.39, 0.29) is 6.42 Å². The minimum Gasteiger partial charge on any atom is -0.444 e. The second-order valence-corrected chi connectivity index (χ2v) is 4.20. The van der Waals surface area contributed by atoms with Crippen LogP contribution in [0.4, 0.5) is 4.79 Å². The number of amides is 2. The fraction of sp³-hybridized carbons (Fsp3) is 0.600. The van der Waals surface area contributed by atoms with E-state index < -0.39 is 23.6 Å². The van der Waals surface area contributed by atoms with Gasteiger partial charge in [0.05, 0.1) is 0 Å². The average molecular weight is 230 g/mol. The molecule has 1 atom stereocenters. The molecule has 0 aliphatic carbocycles. The van der Waals surface area contributed by atoms with E-state index in [0.717, 1.165) is 0 Å². The Labute approximate surface area is 94.6 Å². The minimum absolute atomic E-state index is 0.200. The molecule has 0 bridgehead atoms. The van der Waals surface area contributed by atoms with Crippen LogP contribution < -0.4 is 10.8 Å². The molecule has 0 fully saturated rings. The number of hydrogen-bond donors (Lipinski definition) is 3. The molecule has 6 heteroatoms. The summed E-state index contributed by atoms with van der Waals surface area (Å²) in [6.45, 7) is 8.57. The summed E-state index contributed by atoms with van der Waals surface area (Å²) in [6, 6.07) is -0.891. The lowest BCUT2D eigenvalue weighted by Crippen LogP contribution is -2.47. The molecule has 92 valence electrons. The zero-order valence-electron chi connectivity index (χ0n) is 9.74. The van der Waals surface area contributed by atoms with Gasteiger partial charge in [-0.25, -0.2) is 10.3 Å². The first-order valence-electron chi connectivity index (χ1n) is 4.84. The number of nitrogens with one attached hydrogen (secondary N) is 2. The van der Waals surface area contributed by atoms with E-state index in [9.17, 15) is 9.59 Å². The summed E-state index contributed by atoms with van der Waals surface area (Å²) in [5.41, 5.74) is 0.821. The molecule has 6 nitrogen and oxygen atoms in total. The molecule has 0 heterocycles. The van der Waals surface area contributed by atoms with Crippen LogP contribution in [0.3, 0.4) is 0 Å². The van der Waals surface area contributed by atoms with E-state index in [1.54, 1.807) is 20.8 Å². The highest BCUT2D eigenvalue weighted by atomic mass is 16.6. The van der Waals surface area contributed by atoms with Gasteiger partial charge >= 0.3 is 6.09 Å². The Kier molecular flexibility index (Phi) is 5.52. The van der Waals surface area contributed by atoms with E-state index in [2.05, 4.69) is 11.9 Å². The SMILES string of the molecule is C=CCC(NC(=O)OC(C)(C)C)C(=O)NO. The van der Waals surface area contributed by atoms with Crippen molar-refractivity contribution in [2.45, 2.75) is 38.8 Å². The summed E-state index contributed by atoms with van der Waals surface area (Å²) in [5, 5.41) is 10.8. The number of rotatable bonds is 4. The third-order valence-corrected chi connectivity index (χ3v) is 1.52. The van der Waals surface area contributed by atoms with E-state index in [1.807, 2.05) is 0 Å². The third kappa shape index (κ3) is 6.02. The molecule has 0 saturated carbocycles. The molecule has 0 aromatic carbocycles. The van der Waals surface area contributed by atoms with E-state index in [1.165, 1.54) is 11.6 Å². The quantitative estimate of drug-likeness (QED) is 0.381. The Bertz CT molecular complexity index is 270. The monoisotopic (exact) mass is 230 g/mol. The Hall–Kier alpha value is -1.56. The van der Waals surface area contributed by atoms with Gasteiger partial charge in [0.1, 0.15) is 11.6 Å². The van der Waals surface area contributed by atoms with Gasteiger partial charge in [-0.05, 0) is 27.2 Å². The number of carbonyl (C=O) groups excluding carboxylic acids is 2. The molecule has 1 unspecified atom stereocenters. The summed E-state index contributed by atoms with van der Waals surface area (Å²) >= 11 is 0. The third-order valence-electron chi connectivity index (χ3n) is 1.52. The molecule has 0 spiro atoms. The van der Waals surface area contributed by atoms with Gasteiger partial charge in [-0.1, -0.05) is 6.08 Å². The van der Waals surface area contributed by atoms with Crippen LogP contribution in [0.25, 0.3) is 0 Å². The second kappa shape index (κ2) is 6.12. The predicted molar refractivity (Wildman–Crippen MR) is 57.9 cm³/mol. The van der Waals surface area contributed by atoms with Crippen molar-refractivity contribution in [1.82, 2.24) is 10.8 Å². The Morgan fingerprint density at radius 1 is 1.50 bits per heavy atom. The number of hydrogen-bond acceptors (Lipinski definition) is 4. The molecule has 16 heavy (non-hydrogen) atoms. The summed E-state index contributed by atoms with van der Waals surface area (Å²) in [5.74, 6) is -0.717. The first-order valence-corrected chi connectivity index (χ1v) is 4.84. The first-order chi connectivity index (χ1) is 7.30. The van der Waals surface area contributed by atoms with Crippen molar-refractivity contribution in [2.24, 2.45) is 0 Å². The van der Waals surface area contributed by atoms with E-state index in [4.69, 9.17) is 9.94 Å². The standard InChI is InChI=1S/C10H18N2O4/c1-5-6-7(8(13)12-15)11-9(14)16-10(2,3)4/h5,7,15H,1,6H2,2-4H3,(H,11,14)(H,12,13). The van der Waals surface area contributed by atoms with E-state index in [0.29, 0.717) is 0 Å². The highest BCUT2D eigenvalue weighted by Gasteiger charge is 2.22. The Morgan fingerprint density at radius 2 is 2.06 bits per heavy atom. The van der Waals surface area contributed by atoms with Crippen molar-refractivity contribution < 1.29 is 19.5 Å². The highest BCUT2D eigenvalue weighted by molar-refractivity contribution is 5.84. The number of hydroxylamine groups is 1. The fourth-order valence-corrected chi connectivity index (χ4v) is 0.926. The van der Waals surface area contributed by atoms with Crippen LogP contribution in [0.15, 0.2) is 12.7 Å². The van der Waals surface area contributed by atoms with Crippen molar-refractivity contribution in [1.29, 1.82) is 0 Å².